The van der Waals surface area contributed by atoms with Crippen LogP contribution in [0.4, 0.5) is 11.5 Å². The fourth-order valence-corrected chi connectivity index (χ4v) is 2.10. The zero-order chi connectivity index (χ0) is 14.5. The van der Waals surface area contributed by atoms with Gasteiger partial charge in [-0.1, -0.05) is 37.3 Å². The molecule has 1 aromatic heterocycles. The SMILES string of the molecule is CCC(Nc1cc(C)c([N+](=O)[O-])cn1)c1ccccc1. The Morgan fingerprint density at radius 2 is 2.05 bits per heavy atom. The topological polar surface area (TPSA) is 68.1 Å². The highest BCUT2D eigenvalue weighted by Gasteiger charge is 2.14. The van der Waals surface area contributed by atoms with Gasteiger partial charge in [-0.3, -0.25) is 10.1 Å². The maximum absolute atomic E-state index is 10.8. The average molecular weight is 271 g/mol. The summed E-state index contributed by atoms with van der Waals surface area (Å²) in [4.78, 5) is 14.5. The van der Waals surface area contributed by atoms with E-state index in [1.165, 1.54) is 11.8 Å². The second-order valence-electron chi connectivity index (χ2n) is 4.63. The number of rotatable bonds is 5. The van der Waals surface area contributed by atoms with E-state index in [1.54, 1.807) is 13.0 Å². The molecule has 0 aliphatic carbocycles. The minimum Gasteiger partial charge on any atom is -0.363 e. The molecule has 20 heavy (non-hydrogen) atoms. The quantitative estimate of drug-likeness (QED) is 0.662. The standard InChI is InChI=1S/C15H17N3O2/c1-3-13(12-7-5-4-6-8-12)17-15-9-11(2)14(10-16-15)18(19)20/h4-10,13H,3H2,1-2H3,(H,16,17). The Kier molecular flexibility index (Phi) is 4.30. The van der Waals surface area contributed by atoms with Gasteiger partial charge in [0, 0.05) is 5.56 Å². The van der Waals surface area contributed by atoms with E-state index in [9.17, 15) is 10.1 Å². The highest BCUT2D eigenvalue weighted by molar-refractivity contribution is 5.48. The van der Waals surface area contributed by atoms with Crippen LogP contribution in [0.1, 0.15) is 30.5 Å². The van der Waals surface area contributed by atoms with Crippen LogP contribution in [0.2, 0.25) is 0 Å². The molecule has 0 saturated carbocycles. The summed E-state index contributed by atoms with van der Waals surface area (Å²) in [6.07, 6.45) is 2.21. The summed E-state index contributed by atoms with van der Waals surface area (Å²) in [5, 5.41) is 14.1. The lowest BCUT2D eigenvalue weighted by molar-refractivity contribution is -0.385. The number of nitrogens with one attached hydrogen (secondary N) is 1. The molecule has 0 aliphatic heterocycles. The monoisotopic (exact) mass is 271 g/mol. The van der Waals surface area contributed by atoms with E-state index >= 15 is 0 Å². The first-order valence-electron chi connectivity index (χ1n) is 6.54. The molecule has 0 fully saturated rings. The molecule has 0 amide bonds. The fraction of sp³-hybridized carbons (Fsp3) is 0.267. The molecule has 104 valence electrons. The summed E-state index contributed by atoms with van der Waals surface area (Å²) in [6.45, 7) is 3.80. The first-order chi connectivity index (χ1) is 9.61. The summed E-state index contributed by atoms with van der Waals surface area (Å²) in [5.74, 6) is 0.656. The number of hydrogen-bond acceptors (Lipinski definition) is 4. The normalized spacial score (nSPS) is 11.9. The van der Waals surface area contributed by atoms with Crippen LogP contribution >= 0.6 is 0 Å². The van der Waals surface area contributed by atoms with Crippen LogP contribution in [-0.4, -0.2) is 9.91 Å². The zero-order valence-corrected chi connectivity index (χ0v) is 11.5. The third-order valence-corrected chi connectivity index (χ3v) is 3.21. The molecule has 0 bridgehead atoms. The molecule has 2 aromatic rings. The van der Waals surface area contributed by atoms with Gasteiger partial charge in [0.25, 0.3) is 5.69 Å². The Balaban J connectivity index is 2.20. The van der Waals surface area contributed by atoms with E-state index in [-0.39, 0.29) is 11.7 Å². The van der Waals surface area contributed by atoms with E-state index in [0.717, 1.165) is 6.42 Å². The van der Waals surface area contributed by atoms with Crippen LogP contribution in [0.25, 0.3) is 0 Å². The number of pyridine rings is 1. The fourth-order valence-electron chi connectivity index (χ4n) is 2.10. The predicted octanol–water partition coefficient (Wildman–Crippen LogP) is 3.86. The van der Waals surface area contributed by atoms with Gasteiger partial charge in [-0.25, -0.2) is 4.98 Å². The molecule has 2 rings (SSSR count). The van der Waals surface area contributed by atoms with E-state index in [1.807, 2.05) is 18.2 Å². The van der Waals surface area contributed by atoms with Crippen molar-refractivity contribution in [3.63, 3.8) is 0 Å². The lowest BCUT2D eigenvalue weighted by atomic mass is 10.0. The van der Waals surface area contributed by atoms with Gasteiger partial charge in [-0.2, -0.15) is 0 Å². The minimum absolute atomic E-state index is 0.0447. The third kappa shape index (κ3) is 3.12. The van der Waals surface area contributed by atoms with E-state index < -0.39 is 4.92 Å². The molecule has 1 unspecified atom stereocenters. The van der Waals surface area contributed by atoms with Crippen LogP contribution in [0, 0.1) is 17.0 Å². The number of anilines is 1. The largest absolute Gasteiger partial charge is 0.363 e. The zero-order valence-electron chi connectivity index (χ0n) is 11.5. The number of nitro groups is 1. The van der Waals surface area contributed by atoms with Crippen LogP contribution < -0.4 is 5.32 Å². The Morgan fingerprint density at radius 3 is 2.60 bits per heavy atom. The van der Waals surface area contributed by atoms with Crippen LogP contribution in [-0.2, 0) is 0 Å². The van der Waals surface area contributed by atoms with Crippen molar-refractivity contribution >= 4 is 11.5 Å². The van der Waals surface area contributed by atoms with Crippen LogP contribution in [0.15, 0.2) is 42.6 Å². The second kappa shape index (κ2) is 6.14. The molecular weight excluding hydrogens is 254 g/mol. The Hall–Kier alpha value is -2.43. The Labute approximate surface area is 117 Å². The van der Waals surface area contributed by atoms with Gasteiger partial charge in [-0.15, -0.1) is 0 Å². The summed E-state index contributed by atoms with van der Waals surface area (Å²) >= 11 is 0. The number of aryl methyl sites for hydroxylation is 1. The summed E-state index contributed by atoms with van der Waals surface area (Å²) in [5.41, 5.74) is 1.83. The van der Waals surface area contributed by atoms with Gasteiger partial charge < -0.3 is 5.32 Å². The van der Waals surface area contributed by atoms with Gasteiger partial charge >= 0.3 is 0 Å². The molecule has 1 atom stereocenters. The van der Waals surface area contributed by atoms with Gasteiger partial charge in [0.1, 0.15) is 12.0 Å². The van der Waals surface area contributed by atoms with Crippen LogP contribution in [0.3, 0.4) is 0 Å². The molecule has 1 aromatic carbocycles. The van der Waals surface area contributed by atoms with Crippen molar-refractivity contribution < 1.29 is 4.92 Å². The summed E-state index contributed by atoms with van der Waals surface area (Å²) < 4.78 is 0. The highest BCUT2D eigenvalue weighted by Crippen LogP contribution is 2.24. The molecule has 5 heteroatoms. The molecule has 0 radical (unpaired) electrons. The molecule has 0 spiro atoms. The minimum atomic E-state index is -0.416. The molecular formula is C15H17N3O2. The number of aromatic nitrogens is 1. The summed E-state index contributed by atoms with van der Waals surface area (Å²) in [6, 6.07) is 11.9. The Bertz CT molecular complexity index is 599. The Morgan fingerprint density at radius 1 is 1.35 bits per heavy atom. The van der Waals surface area contributed by atoms with E-state index in [4.69, 9.17) is 0 Å². The maximum atomic E-state index is 10.8. The van der Waals surface area contributed by atoms with E-state index in [2.05, 4.69) is 29.4 Å². The van der Waals surface area contributed by atoms with Gasteiger partial charge in [-0.05, 0) is 25.0 Å². The molecule has 5 nitrogen and oxygen atoms in total. The first-order valence-corrected chi connectivity index (χ1v) is 6.54. The van der Waals surface area contributed by atoms with Gasteiger partial charge in [0.05, 0.1) is 11.0 Å². The maximum Gasteiger partial charge on any atom is 0.290 e. The first kappa shape index (κ1) is 14.0. The molecule has 1 N–H and O–H groups in total. The lowest BCUT2D eigenvalue weighted by Gasteiger charge is -2.18. The molecule has 0 aliphatic rings. The lowest BCUT2D eigenvalue weighted by Crippen LogP contribution is -2.11. The number of nitrogens with zero attached hydrogens (tertiary/aromatic N) is 2. The smallest absolute Gasteiger partial charge is 0.290 e. The van der Waals surface area contributed by atoms with Crippen molar-refractivity contribution in [3.8, 4) is 0 Å². The van der Waals surface area contributed by atoms with E-state index in [0.29, 0.717) is 11.4 Å². The molecule has 1 heterocycles. The van der Waals surface area contributed by atoms with Crippen molar-refractivity contribution in [2.45, 2.75) is 26.3 Å². The second-order valence-corrected chi connectivity index (χ2v) is 4.63. The van der Waals surface area contributed by atoms with Crippen molar-refractivity contribution in [1.82, 2.24) is 4.98 Å². The van der Waals surface area contributed by atoms with Gasteiger partial charge in [0.15, 0.2) is 0 Å². The number of hydrogen-bond donors (Lipinski definition) is 1. The van der Waals surface area contributed by atoms with Crippen LogP contribution in [0.5, 0.6) is 0 Å². The third-order valence-electron chi connectivity index (χ3n) is 3.21. The predicted molar refractivity (Wildman–Crippen MR) is 78.7 cm³/mol. The average Bonchev–Trinajstić information content (AvgIpc) is 2.45. The van der Waals surface area contributed by atoms with Crippen molar-refractivity contribution in [2.75, 3.05) is 5.32 Å². The highest BCUT2D eigenvalue weighted by atomic mass is 16.6. The number of benzene rings is 1. The molecule has 0 saturated heterocycles. The van der Waals surface area contributed by atoms with Gasteiger partial charge in [0.2, 0.25) is 0 Å². The van der Waals surface area contributed by atoms with Crippen molar-refractivity contribution in [1.29, 1.82) is 0 Å². The summed E-state index contributed by atoms with van der Waals surface area (Å²) in [7, 11) is 0. The van der Waals surface area contributed by atoms with Crippen molar-refractivity contribution in [2.24, 2.45) is 0 Å². The van der Waals surface area contributed by atoms with Crippen molar-refractivity contribution in [3.05, 3.63) is 63.8 Å².